The van der Waals surface area contributed by atoms with E-state index in [9.17, 15) is 8.78 Å². The van der Waals surface area contributed by atoms with Crippen LogP contribution in [0.1, 0.15) is 79.3 Å². The molecule has 0 radical (unpaired) electrons. The van der Waals surface area contributed by atoms with E-state index in [1.807, 2.05) is 43.3 Å². The largest absolute Gasteiger partial charge is 0.207 e. The number of hydrogen-bond donors (Lipinski definition) is 0. The minimum absolute atomic E-state index is 0.220. The van der Waals surface area contributed by atoms with Gasteiger partial charge in [-0.25, -0.2) is 8.78 Å². The molecule has 3 rings (SSSR count). The SMILES string of the molecule is CCCCCCCc1ccc(C#Cc2ccc(C#Cc3ccc(CC)c(F)c3)cc2)c(F)c1. The van der Waals surface area contributed by atoms with E-state index >= 15 is 0 Å². The molecule has 33 heavy (non-hydrogen) atoms. The fourth-order valence-corrected chi connectivity index (χ4v) is 3.58. The van der Waals surface area contributed by atoms with Crippen molar-refractivity contribution < 1.29 is 8.78 Å². The zero-order chi connectivity index (χ0) is 23.5. The molecule has 0 unspecified atom stereocenters. The molecule has 0 nitrogen and oxygen atoms in total. The molecule has 0 aliphatic rings. The zero-order valence-electron chi connectivity index (χ0n) is 19.5. The summed E-state index contributed by atoms with van der Waals surface area (Å²) in [7, 11) is 0. The Morgan fingerprint density at radius 2 is 1.24 bits per heavy atom. The second-order valence-electron chi connectivity index (χ2n) is 8.22. The van der Waals surface area contributed by atoms with E-state index in [-0.39, 0.29) is 11.6 Å². The Balaban J connectivity index is 1.61. The zero-order valence-corrected chi connectivity index (χ0v) is 19.5. The van der Waals surface area contributed by atoms with E-state index in [0.717, 1.165) is 29.5 Å². The van der Waals surface area contributed by atoms with Crippen LogP contribution in [0.2, 0.25) is 0 Å². The van der Waals surface area contributed by atoms with Crippen LogP contribution in [-0.2, 0) is 12.8 Å². The molecule has 0 amide bonds. The van der Waals surface area contributed by atoms with Gasteiger partial charge in [-0.15, -0.1) is 0 Å². The molecule has 168 valence electrons. The average molecular weight is 441 g/mol. The molecule has 3 aromatic rings. The third-order valence-electron chi connectivity index (χ3n) is 5.61. The smallest absolute Gasteiger partial charge is 0.139 e. The fourth-order valence-electron chi connectivity index (χ4n) is 3.58. The van der Waals surface area contributed by atoms with Crippen LogP contribution >= 0.6 is 0 Å². The van der Waals surface area contributed by atoms with Crippen molar-refractivity contribution in [2.24, 2.45) is 0 Å². The summed E-state index contributed by atoms with van der Waals surface area (Å²) in [6.45, 7) is 4.13. The van der Waals surface area contributed by atoms with Gasteiger partial charge in [0, 0.05) is 16.7 Å². The molecule has 0 saturated carbocycles. The van der Waals surface area contributed by atoms with E-state index in [2.05, 4.69) is 30.6 Å². The Labute approximate surface area is 197 Å². The first-order valence-corrected chi connectivity index (χ1v) is 11.8. The molecule has 0 aromatic heterocycles. The number of unbranched alkanes of at least 4 members (excludes halogenated alkanes) is 4. The summed E-state index contributed by atoms with van der Waals surface area (Å²) in [6, 6.07) is 17.9. The van der Waals surface area contributed by atoms with Crippen LogP contribution in [0.3, 0.4) is 0 Å². The molecule has 0 spiro atoms. The number of benzene rings is 3. The molecular formula is C31H30F2. The van der Waals surface area contributed by atoms with Crippen LogP contribution in [-0.4, -0.2) is 0 Å². The topological polar surface area (TPSA) is 0 Å². The van der Waals surface area contributed by atoms with E-state index < -0.39 is 0 Å². The van der Waals surface area contributed by atoms with E-state index in [4.69, 9.17) is 0 Å². The van der Waals surface area contributed by atoms with Crippen LogP contribution in [0.15, 0.2) is 60.7 Å². The molecule has 2 heteroatoms. The second kappa shape index (κ2) is 12.6. The maximum atomic E-state index is 14.4. The van der Waals surface area contributed by atoms with Gasteiger partial charge in [-0.1, -0.05) is 75.3 Å². The van der Waals surface area contributed by atoms with Gasteiger partial charge in [-0.05, 0) is 78.9 Å². The van der Waals surface area contributed by atoms with Gasteiger partial charge in [0.2, 0.25) is 0 Å². The molecule has 0 aliphatic heterocycles. The standard InChI is InChI=1S/C31H30F2/c1-3-5-6-7-8-9-26-18-21-29(31(33)22-26)20-16-25-12-10-24(11-13-25)14-15-27-17-19-28(4-2)30(32)23-27/h10-13,17-19,21-23H,3-9H2,1-2H3. The minimum Gasteiger partial charge on any atom is -0.207 e. The first-order valence-electron chi connectivity index (χ1n) is 11.8. The highest BCUT2D eigenvalue weighted by atomic mass is 19.1. The van der Waals surface area contributed by atoms with Crippen LogP contribution in [0.25, 0.3) is 0 Å². The van der Waals surface area contributed by atoms with Gasteiger partial charge < -0.3 is 0 Å². The normalized spacial score (nSPS) is 10.2. The number of rotatable bonds is 7. The Morgan fingerprint density at radius 3 is 1.88 bits per heavy atom. The van der Waals surface area contributed by atoms with E-state index in [1.165, 1.54) is 31.7 Å². The van der Waals surface area contributed by atoms with Gasteiger partial charge in [0.1, 0.15) is 11.6 Å². The Bertz CT molecular complexity index is 1180. The molecule has 3 aromatic carbocycles. The van der Waals surface area contributed by atoms with Crippen molar-refractivity contribution in [1.29, 1.82) is 0 Å². The Morgan fingerprint density at radius 1 is 0.606 bits per heavy atom. The lowest BCUT2D eigenvalue weighted by Crippen LogP contribution is -1.91. The molecule has 0 saturated heterocycles. The summed E-state index contributed by atoms with van der Waals surface area (Å²) in [4.78, 5) is 0. The maximum absolute atomic E-state index is 14.4. The molecule has 0 aliphatic carbocycles. The van der Waals surface area contributed by atoms with Crippen LogP contribution in [0.4, 0.5) is 8.78 Å². The molecule has 0 heterocycles. The summed E-state index contributed by atoms with van der Waals surface area (Å²) in [5.74, 6) is 11.5. The van der Waals surface area contributed by atoms with Crippen molar-refractivity contribution in [2.75, 3.05) is 0 Å². The molecule has 0 fully saturated rings. The first-order chi connectivity index (χ1) is 16.1. The van der Waals surface area contributed by atoms with Gasteiger partial charge in [-0.2, -0.15) is 0 Å². The summed E-state index contributed by atoms with van der Waals surface area (Å²) >= 11 is 0. The second-order valence-corrected chi connectivity index (χ2v) is 8.22. The third kappa shape index (κ3) is 7.62. The van der Waals surface area contributed by atoms with Crippen molar-refractivity contribution >= 4 is 0 Å². The highest BCUT2D eigenvalue weighted by Gasteiger charge is 2.02. The number of halogens is 2. The highest BCUT2D eigenvalue weighted by molar-refractivity contribution is 5.48. The summed E-state index contributed by atoms with van der Waals surface area (Å²) in [6.07, 6.45) is 7.60. The van der Waals surface area contributed by atoms with Crippen molar-refractivity contribution in [3.63, 3.8) is 0 Å². The highest BCUT2D eigenvalue weighted by Crippen LogP contribution is 2.14. The molecular weight excluding hydrogens is 410 g/mol. The minimum atomic E-state index is -0.266. The van der Waals surface area contributed by atoms with Crippen LogP contribution < -0.4 is 0 Å². The lowest BCUT2D eigenvalue weighted by atomic mass is 10.0. The summed E-state index contributed by atoms with van der Waals surface area (Å²) < 4.78 is 28.3. The van der Waals surface area contributed by atoms with Crippen molar-refractivity contribution in [1.82, 2.24) is 0 Å². The number of aryl methyl sites for hydroxylation is 2. The molecule has 0 atom stereocenters. The predicted octanol–water partition coefficient (Wildman–Crippen LogP) is 7.84. The molecule has 0 bridgehead atoms. The van der Waals surface area contributed by atoms with Crippen molar-refractivity contribution in [3.05, 3.63) is 106 Å². The van der Waals surface area contributed by atoms with Gasteiger partial charge >= 0.3 is 0 Å². The van der Waals surface area contributed by atoms with Crippen molar-refractivity contribution in [2.45, 2.75) is 58.8 Å². The summed E-state index contributed by atoms with van der Waals surface area (Å²) in [5, 5.41) is 0. The van der Waals surface area contributed by atoms with Crippen LogP contribution in [0, 0.1) is 35.3 Å². The number of hydrogen-bond acceptors (Lipinski definition) is 0. The fraction of sp³-hybridized carbons (Fsp3) is 0.290. The maximum Gasteiger partial charge on any atom is 0.139 e. The summed E-state index contributed by atoms with van der Waals surface area (Å²) in [5.41, 5.74) is 4.38. The third-order valence-corrected chi connectivity index (χ3v) is 5.61. The average Bonchev–Trinajstić information content (AvgIpc) is 2.83. The first kappa shape index (κ1) is 24.3. The van der Waals surface area contributed by atoms with Gasteiger partial charge in [0.15, 0.2) is 0 Å². The quantitative estimate of drug-likeness (QED) is 0.259. The lowest BCUT2D eigenvalue weighted by molar-refractivity contribution is 0.611. The predicted molar refractivity (Wildman–Crippen MR) is 133 cm³/mol. The Kier molecular flexibility index (Phi) is 9.29. The van der Waals surface area contributed by atoms with Gasteiger partial charge in [-0.3, -0.25) is 0 Å². The lowest BCUT2D eigenvalue weighted by Gasteiger charge is -2.03. The molecule has 0 N–H and O–H groups in total. The van der Waals surface area contributed by atoms with Gasteiger partial charge in [0.05, 0.1) is 5.56 Å². The van der Waals surface area contributed by atoms with E-state index in [1.54, 1.807) is 18.2 Å². The van der Waals surface area contributed by atoms with Crippen molar-refractivity contribution in [3.8, 4) is 23.7 Å². The van der Waals surface area contributed by atoms with E-state index in [0.29, 0.717) is 23.1 Å². The van der Waals surface area contributed by atoms with Crippen LogP contribution in [0.5, 0.6) is 0 Å². The van der Waals surface area contributed by atoms with Gasteiger partial charge in [0.25, 0.3) is 0 Å². The Hall–Kier alpha value is -3.36. The monoisotopic (exact) mass is 440 g/mol.